The van der Waals surface area contributed by atoms with Gasteiger partial charge >= 0.3 is 6.09 Å². The number of benzene rings is 2. The maximum Gasteiger partial charge on any atom is 0.418 e. The number of carbonyl (C=O) groups is 1. The number of fused-ring (bicyclic) bond motifs is 1. The highest BCUT2D eigenvalue weighted by Crippen LogP contribution is 2.20. The van der Waals surface area contributed by atoms with Crippen LogP contribution in [-0.2, 0) is 21.5 Å². The van der Waals surface area contributed by atoms with Crippen molar-refractivity contribution in [1.82, 2.24) is 4.57 Å². The molecule has 0 fully saturated rings. The van der Waals surface area contributed by atoms with E-state index in [-0.39, 0.29) is 11.5 Å². The largest absolute Gasteiger partial charge is 0.444 e. The Labute approximate surface area is 132 Å². The Hall–Kier alpha value is -2.64. The van der Waals surface area contributed by atoms with Gasteiger partial charge in [-0.05, 0) is 29.8 Å². The number of nitrogens with zero attached hydrogens (tertiary/aromatic N) is 1. The van der Waals surface area contributed by atoms with Gasteiger partial charge in [0.15, 0.2) is 0 Å². The molecular weight excluding hydrogens is 318 g/mol. The lowest BCUT2D eigenvalue weighted by atomic mass is 10.2. The molecule has 0 aliphatic carbocycles. The van der Waals surface area contributed by atoms with Crippen LogP contribution in [0.2, 0.25) is 0 Å². The summed E-state index contributed by atoms with van der Waals surface area (Å²) in [6.07, 6.45) is 0.926. The van der Waals surface area contributed by atoms with E-state index in [1.165, 1.54) is 29.0 Å². The zero-order valence-electron chi connectivity index (χ0n) is 11.9. The summed E-state index contributed by atoms with van der Waals surface area (Å²) in [4.78, 5) is 11.9. The third kappa shape index (κ3) is 3.25. The van der Waals surface area contributed by atoms with E-state index in [4.69, 9.17) is 9.29 Å². The van der Waals surface area contributed by atoms with Crippen LogP contribution >= 0.6 is 0 Å². The van der Waals surface area contributed by atoms with Crippen molar-refractivity contribution in [3.8, 4) is 0 Å². The molecular formula is C16H13NO5S. The second-order valence-corrected chi connectivity index (χ2v) is 6.34. The van der Waals surface area contributed by atoms with Gasteiger partial charge in [0.05, 0.1) is 10.4 Å². The first-order valence-corrected chi connectivity index (χ1v) is 8.19. The van der Waals surface area contributed by atoms with Gasteiger partial charge in [-0.2, -0.15) is 8.42 Å². The van der Waals surface area contributed by atoms with Crippen molar-refractivity contribution in [3.63, 3.8) is 0 Å². The van der Waals surface area contributed by atoms with E-state index < -0.39 is 16.2 Å². The van der Waals surface area contributed by atoms with Crippen LogP contribution < -0.4 is 0 Å². The average molecular weight is 331 g/mol. The predicted molar refractivity (Wildman–Crippen MR) is 83.8 cm³/mol. The topological polar surface area (TPSA) is 85.6 Å². The first-order chi connectivity index (χ1) is 10.9. The van der Waals surface area contributed by atoms with E-state index >= 15 is 0 Å². The fourth-order valence-electron chi connectivity index (χ4n) is 2.23. The smallest absolute Gasteiger partial charge is 0.418 e. The van der Waals surface area contributed by atoms with E-state index in [1.54, 1.807) is 6.07 Å². The van der Waals surface area contributed by atoms with Crippen molar-refractivity contribution >= 4 is 27.1 Å². The third-order valence-corrected chi connectivity index (χ3v) is 4.21. The van der Waals surface area contributed by atoms with Crippen molar-refractivity contribution in [3.05, 3.63) is 66.4 Å². The van der Waals surface area contributed by atoms with Gasteiger partial charge in [-0.25, -0.2) is 4.79 Å². The molecule has 0 saturated heterocycles. The molecule has 23 heavy (non-hydrogen) atoms. The molecule has 1 heterocycles. The van der Waals surface area contributed by atoms with E-state index in [9.17, 15) is 13.2 Å². The summed E-state index contributed by atoms with van der Waals surface area (Å²) in [5.74, 6) is 0. The Morgan fingerprint density at radius 1 is 1.09 bits per heavy atom. The fourth-order valence-corrected chi connectivity index (χ4v) is 2.75. The minimum atomic E-state index is -4.28. The summed E-state index contributed by atoms with van der Waals surface area (Å²) >= 11 is 0. The van der Waals surface area contributed by atoms with Gasteiger partial charge in [0.25, 0.3) is 10.1 Å². The van der Waals surface area contributed by atoms with Crippen LogP contribution in [-0.4, -0.2) is 23.6 Å². The van der Waals surface area contributed by atoms with Crippen LogP contribution in [0.4, 0.5) is 4.79 Å². The van der Waals surface area contributed by atoms with Crippen LogP contribution in [0.1, 0.15) is 5.56 Å². The van der Waals surface area contributed by atoms with Crippen molar-refractivity contribution in [2.75, 3.05) is 0 Å². The summed E-state index contributed by atoms with van der Waals surface area (Å²) in [5.41, 5.74) is 1.36. The molecule has 1 N–H and O–H groups in total. The van der Waals surface area contributed by atoms with Gasteiger partial charge in [0, 0.05) is 11.6 Å². The van der Waals surface area contributed by atoms with Crippen molar-refractivity contribution in [2.24, 2.45) is 0 Å². The molecule has 3 rings (SSSR count). The first kappa shape index (κ1) is 15.3. The van der Waals surface area contributed by atoms with Gasteiger partial charge in [0.2, 0.25) is 0 Å². The van der Waals surface area contributed by atoms with Crippen molar-refractivity contribution in [2.45, 2.75) is 11.5 Å². The van der Waals surface area contributed by atoms with E-state index in [2.05, 4.69) is 0 Å². The molecule has 0 atom stereocenters. The zero-order valence-corrected chi connectivity index (χ0v) is 12.7. The number of rotatable bonds is 3. The first-order valence-electron chi connectivity index (χ1n) is 6.75. The van der Waals surface area contributed by atoms with Crippen LogP contribution in [0, 0.1) is 0 Å². The van der Waals surface area contributed by atoms with E-state index in [0.29, 0.717) is 10.9 Å². The number of carbonyl (C=O) groups excluding carboxylic acids is 1. The fraction of sp³-hybridized carbons (Fsp3) is 0.0625. The Balaban J connectivity index is 1.84. The van der Waals surface area contributed by atoms with Crippen LogP contribution in [0.25, 0.3) is 10.9 Å². The Morgan fingerprint density at radius 2 is 1.83 bits per heavy atom. The third-order valence-electron chi connectivity index (χ3n) is 3.36. The lowest BCUT2D eigenvalue weighted by molar-refractivity contribution is 0.142. The van der Waals surface area contributed by atoms with Crippen LogP contribution in [0.3, 0.4) is 0 Å². The van der Waals surface area contributed by atoms with Crippen molar-refractivity contribution in [1.29, 1.82) is 0 Å². The lowest BCUT2D eigenvalue weighted by Crippen LogP contribution is -2.12. The molecule has 1 aromatic heterocycles. The maximum atomic E-state index is 12.1. The molecule has 0 bridgehead atoms. The highest BCUT2D eigenvalue weighted by Gasteiger charge is 2.14. The second-order valence-electron chi connectivity index (χ2n) is 4.92. The molecule has 0 spiro atoms. The standard InChI is InChI=1S/C16H13NO5S/c18-16(22-11-12-4-2-1-3-5-12)17-9-8-13-10-14(23(19,20)21)6-7-15(13)17/h1-10H,11H2,(H,19,20,21). The zero-order chi connectivity index (χ0) is 16.4. The molecule has 118 valence electrons. The molecule has 3 aromatic rings. The highest BCUT2D eigenvalue weighted by molar-refractivity contribution is 7.85. The molecule has 0 aliphatic rings. The predicted octanol–water partition coefficient (Wildman–Crippen LogP) is 3.07. The van der Waals surface area contributed by atoms with E-state index in [0.717, 1.165) is 5.56 Å². The van der Waals surface area contributed by atoms with E-state index in [1.807, 2.05) is 30.3 Å². The highest BCUT2D eigenvalue weighted by atomic mass is 32.2. The van der Waals surface area contributed by atoms with Gasteiger partial charge in [-0.3, -0.25) is 9.12 Å². The molecule has 2 aromatic carbocycles. The molecule has 0 aliphatic heterocycles. The molecule has 7 heteroatoms. The van der Waals surface area contributed by atoms with Gasteiger partial charge in [-0.1, -0.05) is 30.3 Å². The Morgan fingerprint density at radius 3 is 2.52 bits per heavy atom. The maximum absolute atomic E-state index is 12.1. The second kappa shape index (κ2) is 5.86. The number of ether oxygens (including phenoxy) is 1. The molecule has 0 radical (unpaired) electrons. The molecule has 0 amide bonds. The molecule has 6 nitrogen and oxygen atoms in total. The lowest BCUT2D eigenvalue weighted by Gasteiger charge is -2.07. The minimum absolute atomic E-state index is 0.141. The quantitative estimate of drug-likeness (QED) is 0.746. The van der Waals surface area contributed by atoms with Crippen LogP contribution in [0.5, 0.6) is 0 Å². The number of hydrogen-bond acceptors (Lipinski definition) is 4. The summed E-state index contributed by atoms with van der Waals surface area (Å²) in [7, 11) is -4.28. The summed E-state index contributed by atoms with van der Waals surface area (Å²) in [6.45, 7) is 0.141. The minimum Gasteiger partial charge on any atom is -0.444 e. The Kier molecular flexibility index (Phi) is 3.89. The summed E-state index contributed by atoms with van der Waals surface area (Å²) in [6, 6.07) is 14.8. The SMILES string of the molecule is O=C(OCc1ccccc1)n1ccc2cc(S(=O)(=O)O)ccc21. The number of aromatic nitrogens is 1. The number of hydrogen-bond donors (Lipinski definition) is 1. The molecule has 0 unspecified atom stereocenters. The molecule has 0 saturated carbocycles. The summed E-state index contributed by atoms with van der Waals surface area (Å²) in [5, 5.41) is 0.511. The monoisotopic (exact) mass is 331 g/mol. The van der Waals surface area contributed by atoms with Crippen molar-refractivity contribution < 1.29 is 22.5 Å². The Bertz CT molecular complexity index is 961. The van der Waals surface area contributed by atoms with Crippen LogP contribution in [0.15, 0.2) is 65.7 Å². The van der Waals surface area contributed by atoms with Gasteiger partial charge < -0.3 is 4.74 Å². The van der Waals surface area contributed by atoms with Gasteiger partial charge in [0.1, 0.15) is 6.61 Å². The van der Waals surface area contributed by atoms with Gasteiger partial charge in [-0.15, -0.1) is 0 Å². The summed E-state index contributed by atoms with van der Waals surface area (Å²) < 4.78 is 37.8. The normalized spacial score (nSPS) is 11.5. The average Bonchev–Trinajstić information content (AvgIpc) is 2.96.